The third-order valence-electron chi connectivity index (χ3n) is 9.14. The van der Waals surface area contributed by atoms with Crippen molar-refractivity contribution >= 4 is 65.7 Å². The molecule has 0 saturated carbocycles. The van der Waals surface area contributed by atoms with Crippen molar-refractivity contribution in [1.82, 2.24) is 14.1 Å². The summed E-state index contributed by atoms with van der Waals surface area (Å²) in [5.74, 6) is 0.834. The molecular formula is C41H25N3O. The number of furan rings is 1. The maximum absolute atomic E-state index is 6.22. The minimum absolute atomic E-state index is 0.646. The lowest BCUT2D eigenvalue weighted by Gasteiger charge is -2.11. The first kappa shape index (κ1) is 24.3. The first-order valence-electron chi connectivity index (χ1n) is 15.2. The van der Waals surface area contributed by atoms with E-state index < -0.39 is 0 Å². The second-order valence-corrected chi connectivity index (χ2v) is 11.6. The number of aromatic nitrogens is 3. The quantitative estimate of drug-likeness (QED) is 0.210. The standard InChI is InChI=1S/C41H25N3O/c1-2-11-26(12-3-1)27-13-10-14-28(25-27)43-34-18-7-4-15-29(34)31-21-23-36-39(40(31)43)33-17-5-8-19-35(33)44(36)38-24-22-32-30-16-6-9-20-37(30)45-41(32)42-38/h1-25H. The van der Waals surface area contributed by atoms with Gasteiger partial charge in [-0.3, -0.25) is 4.57 Å². The van der Waals surface area contributed by atoms with Crippen LogP contribution < -0.4 is 0 Å². The Hall–Kier alpha value is -6.13. The van der Waals surface area contributed by atoms with Crippen LogP contribution >= 0.6 is 0 Å². The number of fused-ring (bicyclic) bond motifs is 10. The summed E-state index contributed by atoms with van der Waals surface area (Å²) in [4.78, 5) is 5.09. The molecular weight excluding hydrogens is 550 g/mol. The summed E-state index contributed by atoms with van der Waals surface area (Å²) in [6.07, 6.45) is 0. The molecule has 0 bridgehead atoms. The number of benzene rings is 6. The molecule has 0 radical (unpaired) electrons. The van der Waals surface area contributed by atoms with Gasteiger partial charge in [-0.15, -0.1) is 0 Å². The Labute approximate surface area is 258 Å². The van der Waals surface area contributed by atoms with Crippen molar-refractivity contribution in [2.24, 2.45) is 0 Å². The van der Waals surface area contributed by atoms with Crippen molar-refractivity contribution in [3.8, 4) is 22.6 Å². The molecule has 45 heavy (non-hydrogen) atoms. The third kappa shape index (κ3) is 3.45. The van der Waals surface area contributed by atoms with Crippen molar-refractivity contribution in [2.45, 2.75) is 0 Å². The zero-order chi connectivity index (χ0) is 29.5. The summed E-state index contributed by atoms with van der Waals surface area (Å²) < 4.78 is 10.9. The van der Waals surface area contributed by atoms with Crippen molar-refractivity contribution in [2.75, 3.05) is 0 Å². The van der Waals surface area contributed by atoms with Gasteiger partial charge < -0.3 is 8.98 Å². The van der Waals surface area contributed by atoms with Gasteiger partial charge in [-0.1, -0.05) is 103 Å². The van der Waals surface area contributed by atoms with Gasteiger partial charge in [0.1, 0.15) is 11.4 Å². The lowest BCUT2D eigenvalue weighted by Crippen LogP contribution is -1.97. The molecule has 0 N–H and O–H groups in total. The lowest BCUT2D eigenvalue weighted by atomic mass is 10.0. The number of para-hydroxylation sites is 3. The lowest BCUT2D eigenvalue weighted by molar-refractivity contribution is 0.653. The van der Waals surface area contributed by atoms with Gasteiger partial charge in [-0.25, -0.2) is 0 Å². The van der Waals surface area contributed by atoms with Crippen LogP contribution in [-0.4, -0.2) is 14.1 Å². The summed E-state index contributed by atoms with van der Waals surface area (Å²) in [5, 5.41) is 6.96. The average molecular weight is 576 g/mol. The van der Waals surface area contributed by atoms with Crippen LogP contribution in [0, 0.1) is 0 Å². The Balaban J connectivity index is 1.32. The Kier molecular flexibility index (Phi) is 4.96. The molecule has 0 unspecified atom stereocenters. The maximum Gasteiger partial charge on any atom is 0.229 e. The van der Waals surface area contributed by atoms with E-state index in [1.807, 2.05) is 18.2 Å². The van der Waals surface area contributed by atoms with Crippen molar-refractivity contribution < 1.29 is 4.42 Å². The van der Waals surface area contributed by atoms with Crippen LogP contribution in [0.4, 0.5) is 0 Å². The van der Waals surface area contributed by atoms with E-state index in [0.717, 1.165) is 38.9 Å². The highest BCUT2D eigenvalue weighted by Gasteiger charge is 2.21. The van der Waals surface area contributed by atoms with Gasteiger partial charge in [0, 0.05) is 38.0 Å². The average Bonchev–Trinajstić information content (AvgIpc) is 3.76. The van der Waals surface area contributed by atoms with Crippen molar-refractivity contribution in [1.29, 1.82) is 0 Å². The first-order valence-corrected chi connectivity index (χ1v) is 15.2. The Morgan fingerprint density at radius 2 is 1.13 bits per heavy atom. The van der Waals surface area contributed by atoms with Crippen LogP contribution in [0.3, 0.4) is 0 Å². The molecule has 4 aromatic heterocycles. The molecule has 6 aromatic carbocycles. The summed E-state index contributed by atoms with van der Waals surface area (Å²) in [5.41, 5.74) is 9.62. The maximum atomic E-state index is 6.22. The van der Waals surface area contributed by atoms with E-state index in [-0.39, 0.29) is 0 Å². The predicted molar refractivity (Wildman–Crippen MR) is 186 cm³/mol. The van der Waals surface area contributed by atoms with E-state index in [9.17, 15) is 0 Å². The van der Waals surface area contributed by atoms with Gasteiger partial charge in [-0.05, 0) is 59.7 Å². The minimum atomic E-state index is 0.646. The van der Waals surface area contributed by atoms with Gasteiger partial charge in [0.05, 0.1) is 22.1 Å². The van der Waals surface area contributed by atoms with Crippen LogP contribution in [-0.2, 0) is 0 Å². The van der Waals surface area contributed by atoms with E-state index in [4.69, 9.17) is 9.40 Å². The molecule has 0 aliphatic rings. The largest absolute Gasteiger partial charge is 0.438 e. The molecule has 0 spiro atoms. The number of rotatable bonds is 3. The number of hydrogen-bond acceptors (Lipinski definition) is 2. The van der Waals surface area contributed by atoms with Crippen LogP contribution in [0.1, 0.15) is 0 Å². The van der Waals surface area contributed by atoms with E-state index in [1.165, 1.54) is 43.7 Å². The molecule has 10 rings (SSSR count). The van der Waals surface area contributed by atoms with Gasteiger partial charge in [0.15, 0.2) is 0 Å². The molecule has 0 atom stereocenters. The van der Waals surface area contributed by atoms with E-state index in [2.05, 4.69) is 143 Å². The van der Waals surface area contributed by atoms with E-state index >= 15 is 0 Å². The fourth-order valence-corrected chi connectivity index (χ4v) is 7.20. The topological polar surface area (TPSA) is 35.9 Å². The van der Waals surface area contributed by atoms with Gasteiger partial charge in [-0.2, -0.15) is 4.98 Å². The second-order valence-electron chi connectivity index (χ2n) is 11.6. The molecule has 0 aliphatic carbocycles. The molecule has 4 nitrogen and oxygen atoms in total. The molecule has 0 saturated heterocycles. The Morgan fingerprint density at radius 1 is 0.444 bits per heavy atom. The SMILES string of the molecule is c1ccc(-c2cccc(-n3c4ccccc4c4ccc5c(c6ccccc6n5-c5ccc6c(n5)oc5ccccc56)c43)c2)cc1. The number of pyridine rings is 1. The summed E-state index contributed by atoms with van der Waals surface area (Å²) in [7, 11) is 0. The summed E-state index contributed by atoms with van der Waals surface area (Å²) in [6.45, 7) is 0. The number of nitrogens with zero attached hydrogens (tertiary/aromatic N) is 3. The fraction of sp³-hybridized carbons (Fsp3) is 0. The molecule has 210 valence electrons. The fourth-order valence-electron chi connectivity index (χ4n) is 7.20. The predicted octanol–water partition coefficient (Wildman–Crippen LogP) is 10.8. The minimum Gasteiger partial charge on any atom is -0.438 e. The van der Waals surface area contributed by atoms with Crippen LogP contribution in [0.15, 0.2) is 156 Å². The van der Waals surface area contributed by atoms with Gasteiger partial charge in [0.2, 0.25) is 5.71 Å². The molecule has 4 heteroatoms. The molecule has 0 aliphatic heterocycles. The first-order chi connectivity index (χ1) is 22.3. The summed E-state index contributed by atoms with van der Waals surface area (Å²) >= 11 is 0. The zero-order valence-corrected chi connectivity index (χ0v) is 24.2. The third-order valence-corrected chi connectivity index (χ3v) is 9.14. The molecule has 4 heterocycles. The van der Waals surface area contributed by atoms with Gasteiger partial charge in [0.25, 0.3) is 0 Å². The molecule has 0 fully saturated rings. The van der Waals surface area contributed by atoms with Gasteiger partial charge >= 0.3 is 0 Å². The highest BCUT2D eigenvalue weighted by Crippen LogP contribution is 2.42. The molecule has 0 amide bonds. The van der Waals surface area contributed by atoms with Crippen molar-refractivity contribution in [3.05, 3.63) is 152 Å². The Morgan fingerprint density at radius 3 is 2.00 bits per heavy atom. The monoisotopic (exact) mass is 575 g/mol. The van der Waals surface area contributed by atoms with Crippen LogP contribution in [0.25, 0.3) is 88.3 Å². The normalized spacial score (nSPS) is 12.0. The second kappa shape index (κ2) is 9.18. The smallest absolute Gasteiger partial charge is 0.229 e. The van der Waals surface area contributed by atoms with E-state index in [1.54, 1.807) is 0 Å². The zero-order valence-electron chi connectivity index (χ0n) is 24.2. The van der Waals surface area contributed by atoms with Crippen LogP contribution in [0.2, 0.25) is 0 Å². The highest BCUT2D eigenvalue weighted by atomic mass is 16.3. The van der Waals surface area contributed by atoms with E-state index in [0.29, 0.717) is 5.71 Å². The molecule has 10 aromatic rings. The van der Waals surface area contributed by atoms with Crippen LogP contribution in [0.5, 0.6) is 0 Å². The Bertz CT molecular complexity index is 2760. The number of hydrogen-bond donors (Lipinski definition) is 0. The highest BCUT2D eigenvalue weighted by molar-refractivity contribution is 6.26. The van der Waals surface area contributed by atoms with Crippen molar-refractivity contribution in [3.63, 3.8) is 0 Å². The summed E-state index contributed by atoms with van der Waals surface area (Å²) in [6, 6.07) is 53.7.